The highest BCUT2D eigenvalue weighted by Gasteiger charge is 2.17. The maximum Gasteiger partial charge on any atom is 0.330 e. The zero-order valence-electron chi connectivity index (χ0n) is 17.1. The maximum atomic E-state index is 12.4. The van der Waals surface area contributed by atoms with Gasteiger partial charge in [-0.05, 0) is 51.0 Å². The molecule has 0 N–H and O–H groups in total. The van der Waals surface area contributed by atoms with Crippen molar-refractivity contribution in [3.05, 3.63) is 58.9 Å². The summed E-state index contributed by atoms with van der Waals surface area (Å²) in [6.07, 6.45) is 3.65. The summed E-state index contributed by atoms with van der Waals surface area (Å²) >= 11 is 0. The molecule has 0 aliphatic carbocycles. The first kappa shape index (κ1) is 21.3. The Bertz CT molecular complexity index is 879. The molecule has 0 radical (unpaired) electrons. The van der Waals surface area contributed by atoms with Crippen molar-refractivity contribution >= 4 is 11.8 Å². The second-order valence-corrected chi connectivity index (χ2v) is 6.41. The van der Waals surface area contributed by atoms with Crippen LogP contribution in [0.4, 0.5) is 0 Å². The zero-order valence-corrected chi connectivity index (χ0v) is 17.1. The zero-order chi connectivity index (χ0) is 20.7. The number of carbonyl (C=O) groups is 2. The third kappa shape index (κ3) is 5.03. The van der Waals surface area contributed by atoms with Crippen LogP contribution in [-0.2, 0) is 22.5 Å². The van der Waals surface area contributed by atoms with E-state index in [2.05, 4.69) is 4.57 Å². The second kappa shape index (κ2) is 9.78. The van der Waals surface area contributed by atoms with Crippen molar-refractivity contribution in [2.75, 3.05) is 20.8 Å². The van der Waals surface area contributed by atoms with Crippen LogP contribution in [0.5, 0.6) is 11.5 Å². The first-order valence-corrected chi connectivity index (χ1v) is 9.11. The summed E-state index contributed by atoms with van der Waals surface area (Å²) < 4.78 is 17.7. The Morgan fingerprint density at radius 2 is 1.79 bits per heavy atom. The molecule has 0 fully saturated rings. The number of carbonyl (C=O) groups excluding carboxylic acids is 2. The SMILES string of the molecule is C/C=C/C(=O)OCC(=O)c1cc(C)n(CCc2ccc(OC)c(OC)c2)c1C. The minimum atomic E-state index is -0.516. The third-order valence-corrected chi connectivity index (χ3v) is 4.59. The number of hydrogen-bond donors (Lipinski definition) is 0. The fraction of sp³-hybridized carbons (Fsp3) is 0.364. The van der Waals surface area contributed by atoms with Gasteiger partial charge in [0.25, 0.3) is 0 Å². The number of methoxy groups -OCH3 is 2. The Balaban J connectivity index is 2.09. The average molecular weight is 385 g/mol. The Labute approximate surface area is 165 Å². The molecule has 2 rings (SSSR count). The molecule has 0 unspecified atom stereocenters. The fourth-order valence-electron chi connectivity index (χ4n) is 3.10. The van der Waals surface area contributed by atoms with Gasteiger partial charge in [-0.1, -0.05) is 12.1 Å². The Kier molecular flexibility index (Phi) is 7.44. The van der Waals surface area contributed by atoms with Crippen LogP contribution in [0.25, 0.3) is 0 Å². The molecular formula is C22H27NO5. The number of aryl methyl sites for hydroxylation is 2. The van der Waals surface area contributed by atoms with Gasteiger partial charge in [-0.2, -0.15) is 0 Å². The standard InChI is InChI=1S/C22H27NO5/c1-6-7-22(25)28-14-19(24)18-12-15(2)23(16(18)3)11-10-17-8-9-20(26-4)21(13-17)27-5/h6-9,12-13H,10-11,14H2,1-5H3/b7-6+. The average Bonchev–Trinajstić information content (AvgIpc) is 2.98. The Morgan fingerprint density at radius 3 is 2.43 bits per heavy atom. The van der Waals surface area contributed by atoms with Gasteiger partial charge in [0.1, 0.15) is 0 Å². The molecule has 0 saturated heterocycles. The lowest BCUT2D eigenvalue weighted by Crippen LogP contribution is -2.14. The number of hydrogen-bond acceptors (Lipinski definition) is 5. The number of allylic oxidation sites excluding steroid dienone is 1. The molecule has 0 aliphatic rings. The van der Waals surface area contributed by atoms with Gasteiger partial charge in [0.15, 0.2) is 18.1 Å². The number of rotatable bonds is 9. The minimum absolute atomic E-state index is 0.205. The van der Waals surface area contributed by atoms with E-state index in [1.54, 1.807) is 27.2 Å². The molecule has 28 heavy (non-hydrogen) atoms. The number of nitrogens with zero attached hydrogens (tertiary/aromatic N) is 1. The predicted molar refractivity (Wildman–Crippen MR) is 107 cm³/mol. The molecule has 1 aromatic heterocycles. The molecule has 0 amide bonds. The number of aromatic nitrogens is 1. The lowest BCUT2D eigenvalue weighted by molar-refractivity contribution is -0.136. The molecule has 0 bridgehead atoms. The number of ether oxygens (including phenoxy) is 3. The van der Waals surface area contributed by atoms with Crippen molar-refractivity contribution in [1.82, 2.24) is 4.57 Å². The van der Waals surface area contributed by atoms with Crippen molar-refractivity contribution < 1.29 is 23.8 Å². The van der Waals surface area contributed by atoms with E-state index in [4.69, 9.17) is 14.2 Å². The number of benzene rings is 1. The summed E-state index contributed by atoms with van der Waals surface area (Å²) in [5, 5.41) is 0. The highest BCUT2D eigenvalue weighted by molar-refractivity contribution is 5.99. The summed E-state index contributed by atoms with van der Waals surface area (Å²) in [6, 6.07) is 7.69. The number of Topliss-reactive ketones (excluding diaryl/α,β-unsaturated/α-hetero) is 1. The van der Waals surface area contributed by atoms with Gasteiger partial charge in [0.05, 0.1) is 14.2 Å². The first-order chi connectivity index (χ1) is 13.4. The topological polar surface area (TPSA) is 66.8 Å². The molecule has 2 aromatic rings. The van der Waals surface area contributed by atoms with Gasteiger partial charge >= 0.3 is 5.97 Å². The molecule has 1 heterocycles. The highest BCUT2D eigenvalue weighted by Crippen LogP contribution is 2.28. The Morgan fingerprint density at radius 1 is 1.07 bits per heavy atom. The summed E-state index contributed by atoms with van der Waals surface area (Å²) in [6.45, 7) is 6.05. The van der Waals surface area contributed by atoms with E-state index in [9.17, 15) is 9.59 Å². The minimum Gasteiger partial charge on any atom is -0.493 e. The van der Waals surface area contributed by atoms with Crippen molar-refractivity contribution in [2.45, 2.75) is 33.7 Å². The lowest BCUT2D eigenvalue weighted by atomic mass is 10.1. The normalized spacial score (nSPS) is 10.9. The Hall–Kier alpha value is -3.02. The molecule has 6 nitrogen and oxygen atoms in total. The molecule has 0 spiro atoms. The van der Waals surface area contributed by atoms with Crippen molar-refractivity contribution in [2.24, 2.45) is 0 Å². The van der Waals surface area contributed by atoms with Crippen LogP contribution in [0.3, 0.4) is 0 Å². The quantitative estimate of drug-likeness (QED) is 0.374. The summed E-state index contributed by atoms with van der Waals surface area (Å²) in [7, 11) is 3.22. The molecule has 150 valence electrons. The van der Waals surface area contributed by atoms with E-state index in [-0.39, 0.29) is 12.4 Å². The second-order valence-electron chi connectivity index (χ2n) is 6.41. The van der Waals surface area contributed by atoms with Crippen LogP contribution in [0.15, 0.2) is 36.4 Å². The van der Waals surface area contributed by atoms with Crippen molar-refractivity contribution in [3.8, 4) is 11.5 Å². The molecule has 0 saturated carbocycles. The van der Waals surface area contributed by atoms with Crippen molar-refractivity contribution in [1.29, 1.82) is 0 Å². The monoisotopic (exact) mass is 385 g/mol. The van der Waals surface area contributed by atoms with Crippen LogP contribution in [-0.4, -0.2) is 37.1 Å². The van der Waals surface area contributed by atoms with Crippen LogP contribution in [0.2, 0.25) is 0 Å². The molecule has 0 aliphatic heterocycles. The molecule has 1 aromatic carbocycles. The third-order valence-electron chi connectivity index (χ3n) is 4.59. The summed E-state index contributed by atoms with van der Waals surface area (Å²) in [5.74, 6) is 0.668. The number of esters is 1. The number of ketones is 1. The van der Waals surface area contributed by atoms with Crippen LogP contribution in [0, 0.1) is 13.8 Å². The molecule has 6 heteroatoms. The van der Waals surface area contributed by atoms with Gasteiger partial charge < -0.3 is 18.8 Å². The van der Waals surface area contributed by atoms with Crippen LogP contribution >= 0.6 is 0 Å². The van der Waals surface area contributed by atoms with E-state index in [0.717, 1.165) is 29.9 Å². The fourth-order valence-corrected chi connectivity index (χ4v) is 3.10. The highest BCUT2D eigenvalue weighted by atomic mass is 16.5. The molecular weight excluding hydrogens is 358 g/mol. The van der Waals surface area contributed by atoms with Crippen molar-refractivity contribution in [3.63, 3.8) is 0 Å². The van der Waals surface area contributed by atoms with Gasteiger partial charge in [-0.25, -0.2) is 4.79 Å². The van der Waals surface area contributed by atoms with Crippen LogP contribution in [0.1, 0.15) is 34.2 Å². The van der Waals surface area contributed by atoms with E-state index in [1.165, 1.54) is 6.08 Å². The van der Waals surface area contributed by atoms with Crippen LogP contribution < -0.4 is 9.47 Å². The van der Waals surface area contributed by atoms with Gasteiger partial charge in [0.2, 0.25) is 5.78 Å². The molecule has 0 atom stereocenters. The largest absolute Gasteiger partial charge is 0.493 e. The predicted octanol–water partition coefficient (Wildman–Crippen LogP) is 3.67. The van der Waals surface area contributed by atoms with Gasteiger partial charge in [0, 0.05) is 29.6 Å². The lowest BCUT2D eigenvalue weighted by Gasteiger charge is -2.12. The van der Waals surface area contributed by atoms with E-state index < -0.39 is 5.97 Å². The van der Waals surface area contributed by atoms with E-state index >= 15 is 0 Å². The summed E-state index contributed by atoms with van der Waals surface area (Å²) in [5.41, 5.74) is 3.54. The first-order valence-electron chi connectivity index (χ1n) is 9.11. The van der Waals surface area contributed by atoms with Gasteiger partial charge in [-0.3, -0.25) is 4.79 Å². The maximum absolute atomic E-state index is 12.4. The summed E-state index contributed by atoms with van der Waals surface area (Å²) in [4.78, 5) is 23.8. The van der Waals surface area contributed by atoms with Gasteiger partial charge in [-0.15, -0.1) is 0 Å². The van der Waals surface area contributed by atoms with E-state index in [0.29, 0.717) is 17.1 Å². The smallest absolute Gasteiger partial charge is 0.330 e. The van der Waals surface area contributed by atoms with E-state index in [1.807, 2.05) is 38.1 Å².